The van der Waals surface area contributed by atoms with Crippen molar-refractivity contribution < 1.29 is 0 Å². The molecule has 1 saturated heterocycles. The molecule has 2 unspecified atom stereocenters. The fourth-order valence-corrected chi connectivity index (χ4v) is 2.53. The summed E-state index contributed by atoms with van der Waals surface area (Å²) in [7, 11) is 0. The van der Waals surface area contributed by atoms with E-state index < -0.39 is 0 Å². The van der Waals surface area contributed by atoms with Crippen molar-refractivity contribution in [1.29, 1.82) is 0 Å². The molecule has 1 heterocycles. The molecule has 0 aromatic heterocycles. The molecule has 1 aliphatic rings. The van der Waals surface area contributed by atoms with Crippen LogP contribution < -0.4 is 11.1 Å². The quantitative estimate of drug-likeness (QED) is 0.837. The fourth-order valence-electron chi connectivity index (χ4n) is 2.53. The highest BCUT2D eigenvalue weighted by Gasteiger charge is 2.18. The molecule has 2 rings (SSSR count). The van der Waals surface area contributed by atoms with E-state index in [1.165, 1.54) is 24.0 Å². The van der Waals surface area contributed by atoms with E-state index in [4.69, 9.17) is 5.73 Å². The van der Waals surface area contributed by atoms with Crippen LogP contribution in [0.4, 0.5) is 0 Å². The zero-order chi connectivity index (χ0) is 12.3. The molecule has 2 heteroatoms. The Labute approximate surface area is 105 Å². The highest BCUT2D eigenvalue weighted by atomic mass is 14.9. The molecule has 0 aliphatic carbocycles. The van der Waals surface area contributed by atoms with Crippen LogP contribution in [0.3, 0.4) is 0 Å². The Balaban J connectivity index is 1.96. The van der Waals surface area contributed by atoms with Crippen molar-refractivity contribution in [2.24, 2.45) is 5.73 Å². The molecular formula is C15H24N2. The van der Waals surface area contributed by atoms with Crippen LogP contribution in [-0.2, 0) is 0 Å². The highest BCUT2D eigenvalue weighted by Crippen LogP contribution is 2.22. The molecule has 3 N–H and O–H groups in total. The van der Waals surface area contributed by atoms with Crippen molar-refractivity contribution in [3.05, 3.63) is 35.4 Å². The lowest BCUT2D eigenvalue weighted by atomic mass is 9.96. The average Bonchev–Trinajstić information content (AvgIpc) is 2.82. The highest BCUT2D eigenvalue weighted by molar-refractivity contribution is 5.26. The molecule has 0 saturated carbocycles. The van der Waals surface area contributed by atoms with Crippen LogP contribution in [0.25, 0.3) is 0 Å². The molecule has 1 aliphatic heterocycles. The van der Waals surface area contributed by atoms with Gasteiger partial charge in [0.15, 0.2) is 0 Å². The van der Waals surface area contributed by atoms with E-state index >= 15 is 0 Å². The second kappa shape index (κ2) is 5.65. The second-order valence-corrected chi connectivity index (χ2v) is 5.46. The molecule has 1 fully saturated rings. The maximum atomic E-state index is 6.26. The first-order chi connectivity index (χ1) is 8.16. The van der Waals surface area contributed by atoms with Crippen LogP contribution in [0.1, 0.15) is 56.2 Å². The molecule has 17 heavy (non-hydrogen) atoms. The largest absolute Gasteiger partial charge is 0.324 e. The van der Waals surface area contributed by atoms with Crippen molar-refractivity contribution >= 4 is 0 Å². The summed E-state index contributed by atoms with van der Waals surface area (Å²) in [5.41, 5.74) is 8.92. The van der Waals surface area contributed by atoms with E-state index in [-0.39, 0.29) is 6.04 Å². The topological polar surface area (TPSA) is 38.0 Å². The van der Waals surface area contributed by atoms with Crippen molar-refractivity contribution in [1.82, 2.24) is 5.32 Å². The molecule has 0 amide bonds. The van der Waals surface area contributed by atoms with Gasteiger partial charge in [0.25, 0.3) is 0 Å². The van der Waals surface area contributed by atoms with Gasteiger partial charge in [-0.25, -0.2) is 0 Å². The molecule has 1 aromatic rings. The van der Waals surface area contributed by atoms with Gasteiger partial charge in [0, 0.05) is 12.1 Å². The van der Waals surface area contributed by atoms with Crippen molar-refractivity contribution in [3.63, 3.8) is 0 Å². The first kappa shape index (κ1) is 12.6. The number of hydrogen-bond acceptors (Lipinski definition) is 2. The first-order valence-electron chi connectivity index (χ1n) is 6.75. The first-order valence-corrected chi connectivity index (χ1v) is 6.75. The lowest BCUT2D eigenvalue weighted by Crippen LogP contribution is -2.26. The fraction of sp³-hybridized carbons (Fsp3) is 0.600. The Morgan fingerprint density at radius 1 is 1.24 bits per heavy atom. The number of hydrogen-bond donors (Lipinski definition) is 2. The Kier molecular flexibility index (Phi) is 4.19. The van der Waals surface area contributed by atoms with E-state index in [1.807, 2.05) is 0 Å². The maximum absolute atomic E-state index is 6.26. The Morgan fingerprint density at radius 3 is 2.41 bits per heavy atom. The van der Waals surface area contributed by atoms with Gasteiger partial charge in [0.2, 0.25) is 0 Å². The van der Waals surface area contributed by atoms with Crippen LogP contribution in [0.15, 0.2) is 24.3 Å². The summed E-state index contributed by atoms with van der Waals surface area (Å²) >= 11 is 0. The molecule has 2 atom stereocenters. The van der Waals surface area contributed by atoms with Crippen molar-refractivity contribution in [2.75, 3.05) is 6.54 Å². The minimum absolute atomic E-state index is 0.173. The maximum Gasteiger partial charge on any atom is 0.0309 e. The van der Waals surface area contributed by atoms with Crippen molar-refractivity contribution in [2.45, 2.75) is 51.1 Å². The molecule has 0 bridgehead atoms. The summed E-state index contributed by atoms with van der Waals surface area (Å²) in [5.74, 6) is 0.594. The zero-order valence-corrected chi connectivity index (χ0v) is 10.9. The average molecular weight is 232 g/mol. The van der Waals surface area contributed by atoms with E-state index in [9.17, 15) is 0 Å². The van der Waals surface area contributed by atoms with E-state index in [0.29, 0.717) is 12.0 Å². The van der Waals surface area contributed by atoms with Crippen LogP contribution >= 0.6 is 0 Å². The molecule has 1 aromatic carbocycles. The van der Waals surface area contributed by atoms with Crippen LogP contribution in [0.5, 0.6) is 0 Å². The van der Waals surface area contributed by atoms with Gasteiger partial charge in [0.05, 0.1) is 0 Å². The van der Waals surface area contributed by atoms with Gasteiger partial charge in [-0.2, -0.15) is 0 Å². The zero-order valence-electron chi connectivity index (χ0n) is 10.9. The summed E-state index contributed by atoms with van der Waals surface area (Å²) in [5, 5.41) is 3.51. The van der Waals surface area contributed by atoms with Gasteiger partial charge in [0.1, 0.15) is 0 Å². The Bertz CT molecular complexity index is 336. The van der Waals surface area contributed by atoms with Gasteiger partial charge in [-0.05, 0) is 42.9 Å². The number of nitrogens with one attached hydrogen (secondary N) is 1. The lowest BCUT2D eigenvalue weighted by molar-refractivity contribution is 0.499. The Morgan fingerprint density at radius 2 is 1.88 bits per heavy atom. The third-order valence-corrected chi connectivity index (χ3v) is 3.73. The number of nitrogens with two attached hydrogens (primary N) is 1. The van der Waals surface area contributed by atoms with Gasteiger partial charge in [-0.15, -0.1) is 0 Å². The summed E-state index contributed by atoms with van der Waals surface area (Å²) in [4.78, 5) is 0. The van der Waals surface area contributed by atoms with Gasteiger partial charge >= 0.3 is 0 Å². The SMILES string of the molecule is CC(C)c1ccc(C(N)CC2CCCN2)cc1. The Hall–Kier alpha value is -0.860. The standard InChI is InChI=1S/C15H24N2/c1-11(2)12-5-7-13(8-6-12)15(16)10-14-4-3-9-17-14/h5-8,11,14-15,17H,3-4,9-10,16H2,1-2H3. The normalized spacial score (nSPS) is 22.0. The van der Waals surface area contributed by atoms with Gasteiger partial charge in [-0.3, -0.25) is 0 Å². The number of benzene rings is 1. The number of rotatable bonds is 4. The lowest BCUT2D eigenvalue weighted by Gasteiger charge is -2.17. The minimum atomic E-state index is 0.173. The van der Waals surface area contributed by atoms with E-state index in [1.54, 1.807) is 0 Å². The molecular weight excluding hydrogens is 208 g/mol. The summed E-state index contributed by atoms with van der Waals surface area (Å²) < 4.78 is 0. The molecule has 0 radical (unpaired) electrons. The summed E-state index contributed by atoms with van der Waals surface area (Å²) in [6, 6.07) is 9.59. The third-order valence-electron chi connectivity index (χ3n) is 3.73. The summed E-state index contributed by atoms with van der Waals surface area (Å²) in [6.07, 6.45) is 3.63. The van der Waals surface area contributed by atoms with Crippen LogP contribution in [0.2, 0.25) is 0 Å². The minimum Gasteiger partial charge on any atom is -0.324 e. The van der Waals surface area contributed by atoms with E-state index in [2.05, 4.69) is 43.4 Å². The summed E-state index contributed by atoms with van der Waals surface area (Å²) in [6.45, 7) is 5.60. The van der Waals surface area contributed by atoms with E-state index in [0.717, 1.165) is 13.0 Å². The van der Waals surface area contributed by atoms with Gasteiger partial charge in [-0.1, -0.05) is 38.1 Å². The van der Waals surface area contributed by atoms with Crippen molar-refractivity contribution in [3.8, 4) is 0 Å². The molecule has 2 nitrogen and oxygen atoms in total. The van der Waals surface area contributed by atoms with Crippen LogP contribution in [-0.4, -0.2) is 12.6 Å². The van der Waals surface area contributed by atoms with Gasteiger partial charge < -0.3 is 11.1 Å². The third kappa shape index (κ3) is 3.30. The van der Waals surface area contributed by atoms with Crippen LogP contribution in [0, 0.1) is 0 Å². The molecule has 94 valence electrons. The monoisotopic (exact) mass is 232 g/mol. The predicted octanol–water partition coefficient (Wildman–Crippen LogP) is 2.95. The molecule has 0 spiro atoms. The second-order valence-electron chi connectivity index (χ2n) is 5.46. The predicted molar refractivity (Wildman–Crippen MR) is 73.1 cm³/mol. The smallest absolute Gasteiger partial charge is 0.0309 e.